The first-order valence-corrected chi connectivity index (χ1v) is 19.8. The Morgan fingerprint density at radius 2 is 1.48 bits per heavy atom. The summed E-state index contributed by atoms with van der Waals surface area (Å²) in [6.45, 7) is -2.37. The number of rotatable bonds is 15. The van der Waals surface area contributed by atoms with Crippen molar-refractivity contribution in [2.45, 2.75) is 56.7 Å². The van der Waals surface area contributed by atoms with Crippen molar-refractivity contribution in [1.29, 1.82) is 0 Å². The molecule has 3 unspecified atom stereocenters. The van der Waals surface area contributed by atoms with E-state index in [-0.39, 0.29) is 44.8 Å². The van der Waals surface area contributed by atoms with Crippen molar-refractivity contribution < 1.29 is 36.6 Å². The number of ketones is 1. The van der Waals surface area contributed by atoms with Crippen molar-refractivity contribution in [1.82, 2.24) is 19.1 Å². The maximum absolute atomic E-state index is 13.8. The molecule has 288 valence electrons. The van der Waals surface area contributed by atoms with Crippen LogP contribution in [0.5, 0.6) is 0 Å². The fraction of sp³-hybridized carbons (Fsp3) is 0.368. The lowest BCUT2D eigenvalue weighted by molar-refractivity contribution is -0.171. The molecule has 16 heteroatoms. The molecule has 1 aliphatic heterocycles. The summed E-state index contributed by atoms with van der Waals surface area (Å²) in [5.74, 6) is -2.37. The third-order valence-corrected chi connectivity index (χ3v) is 11.8. The van der Waals surface area contributed by atoms with Crippen LogP contribution in [0.15, 0.2) is 102 Å². The van der Waals surface area contributed by atoms with Gasteiger partial charge in [0.25, 0.3) is 0 Å². The van der Waals surface area contributed by atoms with Crippen LogP contribution in [-0.2, 0) is 35.4 Å². The van der Waals surface area contributed by atoms with E-state index < -0.39 is 54.7 Å². The Hall–Kier alpha value is -4.17. The molecule has 1 fully saturated rings. The molecule has 0 bridgehead atoms. The fourth-order valence-corrected chi connectivity index (χ4v) is 7.38. The van der Waals surface area contributed by atoms with E-state index in [1.807, 2.05) is 91.0 Å². The zero-order valence-electron chi connectivity index (χ0n) is 30.0. The highest BCUT2D eigenvalue weighted by molar-refractivity contribution is 7.83. The van der Waals surface area contributed by atoms with E-state index >= 15 is 0 Å². The number of anilines is 1. The fourth-order valence-electron chi connectivity index (χ4n) is 6.63. The molecule has 0 aliphatic carbocycles. The van der Waals surface area contributed by atoms with Gasteiger partial charge in [-0.25, -0.2) is 9.46 Å². The van der Waals surface area contributed by atoms with Crippen molar-refractivity contribution in [3.8, 4) is 0 Å². The van der Waals surface area contributed by atoms with Gasteiger partial charge < -0.3 is 14.6 Å². The van der Waals surface area contributed by atoms with E-state index in [1.54, 1.807) is 0 Å². The largest absolute Gasteiger partial charge is 0.449 e. The first-order valence-electron chi connectivity index (χ1n) is 17.3. The molecule has 1 amide bonds. The van der Waals surface area contributed by atoms with Crippen molar-refractivity contribution >= 4 is 35.6 Å². The van der Waals surface area contributed by atoms with Gasteiger partial charge in [-0.1, -0.05) is 91.0 Å². The molecular formula is C38H42ClF3N5O6P. The zero-order valence-corrected chi connectivity index (χ0v) is 31.7. The summed E-state index contributed by atoms with van der Waals surface area (Å²) in [6, 6.07) is 29.5. The van der Waals surface area contributed by atoms with Crippen LogP contribution in [0.25, 0.3) is 0 Å². The second-order valence-corrected chi connectivity index (χ2v) is 16.4. The van der Waals surface area contributed by atoms with Crippen LogP contribution < -0.4 is 11.0 Å². The summed E-state index contributed by atoms with van der Waals surface area (Å²) < 4.78 is 66.5. The minimum Gasteiger partial charge on any atom is -0.350 e. The molecule has 4 aromatic rings. The standard InChI is InChI=1S/C38H42ClF3N5O6P/c1-27(48)43-35-28(15-13-14-22-33(49)38(40,41)42)23-47(36(50)44-35)34-25-46(24-32(53-34)26-52-54(39,51)45(2)3)37(29-16-7-4-8-17-29,30-18-9-5-10-19-30)31-20-11-6-12-21-31/h4-12,16-21,23,32,34H,13-15,22,24-26H2,1-3H3,(H,43,44,48,50). The number of Topliss-reactive ketones (excluding diaryl/α,β-unsaturated/α-hetero) is 1. The van der Waals surface area contributed by atoms with Gasteiger partial charge in [0.2, 0.25) is 11.7 Å². The lowest BCUT2D eigenvalue weighted by atomic mass is 9.75. The van der Waals surface area contributed by atoms with Crippen LogP contribution >= 0.6 is 18.1 Å². The molecule has 1 N–H and O–H groups in total. The SMILES string of the molecule is CC(=O)Nc1nc(=O)n(C2CN(C(c3ccccc3)(c3ccccc3)c3ccccc3)CC(COP(=O)(Cl)N(C)C)O2)cc1CCCCC(=O)C(F)(F)F. The van der Waals surface area contributed by atoms with Crippen LogP contribution in [0.3, 0.4) is 0 Å². The average Bonchev–Trinajstić information content (AvgIpc) is 3.14. The number of morpholine rings is 1. The number of halogens is 4. The molecule has 11 nitrogen and oxygen atoms in total. The van der Waals surface area contributed by atoms with Gasteiger partial charge in [-0.05, 0) is 61.3 Å². The number of nitrogens with zero attached hydrogens (tertiary/aromatic N) is 4. The summed E-state index contributed by atoms with van der Waals surface area (Å²) in [6.07, 6.45) is -5.85. The highest BCUT2D eigenvalue weighted by atomic mass is 35.7. The normalized spacial score (nSPS) is 17.9. The predicted molar refractivity (Wildman–Crippen MR) is 199 cm³/mol. The highest BCUT2D eigenvalue weighted by Crippen LogP contribution is 2.54. The van der Waals surface area contributed by atoms with E-state index in [2.05, 4.69) is 15.2 Å². The highest BCUT2D eigenvalue weighted by Gasteiger charge is 2.47. The number of nitrogens with one attached hydrogen (secondary N) is 1. The number of carbonyl (C=O) groups excluding carboxylic acids is 2. The summed E-state index contributed by atoms with van der Waals surface area (Å²) >= 11 is 6.27. The average molecular weight is 788 g/mol. The second kappa shape index (κ2) is 17.5. The molecule has 54 heavy (non-hydrogen) atoms. The van der Waals surface area contributed by atoms with E-state index in [0.29, 0.717) is 5.56 Å². The number of hydrogen-bond donors (Lipinski definition) is 1. The molecule has 1 aromatic heterocycles. The van der Waals surface area contributed by atoms with E-state index in [1.165, 1.54) is 36.5 Å². The third-order valence-electron chi connectivity index (χ3n) is 9.14. The minimum absolute atomic E-state index is 0.0419. The van der Waals surface area contributed by atoms with Gasteiger partial charge in [-0.2, -0.15) is 18.2 Å². The summed E-state index contributed by atoms with van der Waals surface area (Å²) in [5.41, 5.74) is 1.38. The number of carbonyl (C=O) groups is 2. The van der Waals surface area contributed by atoms with Crippen LogP contribution in [-0.4, -0.2) is 76.9 Å². The minimum atomic E-state index is -4.93. The zero-order chi connectivity index (χ0) is 39.1. The van der Waals surface area contributed by atoms with Gasteiger partial charge >= 0.3 is 18.7 Å². The monoisotopic (exact) mass is 787 g/mol. The smallest absolute Gasteiger partial charge is 0.350 e. The molecule has 3 aromatic carbocycles. The van der Waals surface area contributed by atoms with E-state index in [0.717, 1.165) is 16.7 Å². The van der Waals surface area contributed by atoms with Gasteiger partial charge in [-0.3, -0.25) is 23.6 Å². The number of hydrogen-bond acceptors (Lipinski definition) is 8. The van der Waals surface area contributed by atoms with Crippen LogP contribution in [0.2, 0.25) is 0 Å². The molecule has 3 atom stereocenters. The van der Waals surface area contributed by atoms with Crippen molar-refractivity contribution in [2.75, 3.05) is 39.1 Å². The molecule has 5 rings (SSSR count). The second-order valence-electron chi connectivity index (χ2n) is 13.1. The van der Waals surface area contributed by atoms with Crippen molar-refractivity contribution in [3.05, 3.63) is 130 Å². The van der Waals surface area contributed by atoms with Gasteiger partial charge in [0.1, 0.15) is 5.82 Å². The Balaban J connectivity index is 1.63. The van der Waals surface area contributed by atoms with E-state index in [9.17, 15) is 32.1 Å². The Kier molecular flexibility index (Phi) is 13.3. The van der Waals surface area contributed by atoms with Gasteiger partial charge in [-0.15, -0.1) is 0 Å². The number of aromatic nitrogens is 2. The lowest BCUT2D eigenvalue weighted by Crippen LogP contribution is -2.58. The molecule has 2 heterocycles. The van der Waals surface area contributed by atoms with Gasteiger partial charge in [0.05, 0.1) is 18.2 Å². The van der Waals surface area contributed by atoms with Crippen molar-refractivity contribution in [3.63, 3.8) is 0 Å². The first kappa shape index (κ1) is 41.0. The summed E-state index contributed by atoms with van der Waals surface area (Å²) in [4.78, 5) is 43.7. The number of unbranched alkanes of at least 4 members (excludes halogenated alkanes) is 1. The molecule has 0 spiro atoms. The first-order chi connectivity index (χ1) is 25.6. The summed E-state index contributed by atoms with van der Waals surface area (Å²) in [7, 11) is 3.05. The molecular weight excluding hydrogens is 746 g/mol. The Morgan fingerprint density at radius 3 is 1.96 bits per heavy atom. The number of amides is 1. The Morgan fingerprint density at radius 1 is 0.944 bits per heavy atom. The summed E-state index contributed by atoms with van der Waals surface area (Å²) in [5, 5.41) is 2.54. The number of ether oxygens (including phenoxy) is 1. The lowest BCUT2D eigenvalue weighted by Gasteiger charge is -2.50. The van der Waals surface area contributed by atoms with Crippen LogP contribution in [0.1, 0.15) is 54.7 Å². The molecule has 1 aliphatic rings. The predicted octanol–water partition coefficient (Wildman–Crippen LogP) is 7.16. The number of alkyl halides is 3. The quantitative estimate of drug-likeness (QED) is 0.0760. The Labute approximate surface area is 316 Å². The third kappa shape index (κ3) is 9.55. The van der Waals surface area contributed by atoms with Gasteiger partial charge in [0, 0.05) is 38.2 Å². The number of aryl methyl sites for hydroxylation is 1. The van der Waals surface area contributed by atoms with Crippen LogP contribution in [0.4, 0.5) is 19.0 Å². The van der Waals surface area contributed by atoms with E-state index in [4.69, 9.17) is 20.5 Å². The molecule has 0 radical (unpaired) electrons. The topological polar surface area (TPSA) is 123 Å². The maximum Gasteiger partial charge on any atom is 0.449 e. The van der Waals surface area contributed by atoms with Gasteiger partial charge in [0.15, 0.2) is 6.23 Å². The maximum atomic E-state index is 13.8. The Bertz CT molecular complexity index is 1910. The van der Waals surface area contributed by atoms with Crippen LogP contribution in [0, 0.1) is 0 Å². The molecule has 1 saturated heterocycles. The molecule has 0 saturated carbocycles. The number of benzene rings is 3. The van der Waals surface area contributed by atoms with Crippen molar-refractivity contribution in [2.24, 2.45) is 0 Å².